The maximum Gasteiger partial charge on any atom is 0.435 e. The normalized spacial score (nSPS) is 12.3. The first-order valence-electron chi connectivity index (χ1n) is 9.91. The van der Waals surface area contributed by atoms with Gasteiger partial charge in [0.1, 0.15) is 5.60 Å². The van der Waals surface area contributed by atoms with E-state index in [9.17, 15) is 4.79 Å². The third kappa shape index (κ3) is 4.29. The first-order chi connectivity index (χ1) is 13.4. The van der Waals surface area contributed by atoms with Crippen LogP contribution in [0, 0.1) is 0 Å². The molecule has 3 aromatic rings. The van der Waals surface area contributed by atoms with Crippen molar-refractivity contribution in [3.8, 4) is 11.1 Å². The van der Waals surface area contributed by atoms with Gasteiger partial charge in [0.2, 0.25) is 0 Å². The number of carbonyl (C=O) groups excluding carboxylic acids is 1. The highest BCUT2D eigenvalue weighted by Gasteiger charge is 2.22. The third-order valence-corrected chi connectivity index (χ3v) is 4.80. The largest absolute Gasteiger partial charge is 0.442 e. The van der Waals surface area contributed by atoms with Crippen molar-refractivity contribution in [3.05, 3.63) is 48.2 Å². The van der Waals surface area contributed by atoms with Crippen LogP contribution < -0.4 is 4.90 Å². The minimum Gasteiger partial charge on any atom is -0.442 e. The molecule has 2 aromatic carbocycles. The molecule has 0 aliphatic heterocycles. The number of carbonyl (C=O) groups is 1. The van der Waals surface area contributed by atoms with E-state index in [1.165, 1.54) is 10.2 Å². The zero-order chi connectivity index (χ0) is 21.6. The van der Waals surface area contributed by atoms with Crippen molar-refractivity contribution >= 4 is 22.7 Å². The zero-order valence-corrected chi connectivity index (χ0v) is 18.7. The van der Waals surface area contributed by atoms with Gasteiger partial charge in [-0.15, -0.1) is 0 Å². The lowest BCUT2D eigenvalue weighted by Gasteiger charge is -2.22. The Morgan fingerprint density at radius 1 is 0.966 bits per heavy atom. The molecule has 0 amide bonds. The molecule has 5 heteroatoms. The summed E-state index contributed by atoms with van der Waals surface area (Å²) in [5.74, 6) is 0. The number of hydrogen-bond donors (Lipinski definition) is 0. The van der Waals surface area contributed by atoms with Crippen LogP contribution in [0.4, 0.5) is 10.5 Å². The summed E-state index contributed by atoms with van der Waals surface area (Å²) in [7, 11) is 4.01. The van der Waals surface area contributed by atoms with E-state index in [-0.39, 0.29) is 5.41 Å². The predicted molar refractivity (Wildman–Crippen MR) is 120 cm³/mol. The van der Waals surface area contributed by atoms with Crippen molar-refractivity contribution < 1.29 is 9.53 Å². The summed E-state index contributed by atoms with van der Waals surface area (Å²) in [6, 6.07) is 12.7. The number of benzene rings is 2. The SMILES string of the molecule is CN(C)c1c(-c2ccc(C(C)(C)C)cc2)ccc2c1cnn2C(=O)OC(C)(C)C. The second-order valence-corrected chi connectivity index (χ2v) is 9.65. The Bertz CT molecular complexity index is 1030. The van der Waals surface area contributed by atoms with Crippen molar-refractivity contribution in [2.45, 2.75) is 52.6 Å². The lowest BCUT2D eigenvalue weighted by Crippen LogP contribution is -2.27. The van der Waals surface area contributed by atoms with Gasteiger partial charge in [0, 0.05) is 25.0 Å². The van der Waals surface area contributed by atoms with Crippen LogP contribution in [0.5, 0.6) is 0 Å². The van der Waals surface area contributed by atoms with Crippen LogP contribution in [0.1, 0.15) is 47.1 Å². The molecule has 0 spiro atoms. The van der Waals surface area contributed by atoms with Crippen molar-refractivity contribution in [3.63, 3.8) is 0 Å². The van der Waals surface area contributed by atoms with E-state index < -0.39 is 11.7 Å². The number of rotatable bonds is 2. The molecule has 0 saturated carbocycles. The fourth-order valence-corrected chi connectivity index (χ4v) is 3.40. The molecular weight excluding hydrogens is 362 g/mol. The van der Waals surface area contributed by atoms with Crippen LogP contribution in [0.3, 0.4) is 0 Å². The highest BCUT2D eigenvalue weighted by atomic mass is 16.6. The summed E-state index contributed by atoms with van der Waals surface area (Å²) < 4.78 is 6.83. The van der Waals surface area contributed by atoms with E-state index in [4.69, 9.17) is 4.74 Å². The average Bonchev–Trinajstić information content (AvgIpc) is 3.02. The van der Waals surface area contributed by atoms with Gasteiger partial charge in [0.25, 0.3) is 0 Å². The van der Waals surface area contributed by atoms with Gasteiger partial charge in [-0.05, 0) is 43.4 Å². The number of nitrogens with zero attached hydrogens (tertiary/aromatic N) is 3. The lowest BCUT2D eigenvalue weighted by atomic mass is 9.86. The van der Waals surface area contributed by atoms with Gasteiger partial charge in [0.05, 0.1) is 17.4 Å². The summed E-state index contributed by atoms with van der Waals surface area (Å²) in [6.07, 6.45) is 1.27. The van der Waals surface area contributed by atoms with E-state index >= 15 is 0 Å². The number of fused-ring (bicyclic) bond motifs is 1. The monoisotopic (exact) mass is 393 g/mol. The maximum absolute atomic E-state index is 12.6. The number of anilines is 1. The lowest BCUT2D eigenvalue weighted by molar-refractivity contribution is 0.0522. The van der Waals surface area contributed by atoms with Crippen LogP contribution >= 0.6 is 0 Å². The molecule has 3 rings (SSSR count). The van der Waals surface area contributed by atoms with Gasteiger partial charge in [-0.25, -0.2) is 4.79 Å². The molecular formula is C24H31N3O2. The smallest absolute Gasteiger partial charge is 0.435 e. The molecule has 0 unspecified atom stereocenters. The quantitative estimate of drug-likeness (QED) is 0.548. The van der Waals surface area contributed by atoms with E-state index in [0.717, 1.165) is 27.7 Å². The minimum absolute atomic E-state index is 0.113. The van der Waals surface area contributed by atoms with Gasteiger partial charge >= 0.3 is 6.09 Å². The molecule has 1 heterocycles. The van der Waals surface area contributed by atoms with Crippen LogP contribution in [0.2, 0.25) is 0 Å². The van der Waals surface area contributed by atoms with Crippen LogP contribution in [0.25, 0.3) is 22.0 Å². The van der Waals surface area contributed by atoms with Gasteiger partial charge in [-0.1, -0.05) is 51.1 Å². The van der Waals surface area contributed by atoms with E-state index in [0.29, 0.717) is 0 Å². The van der Waals surface area contributed by atoms with Gasteiger partial charge < -0.3 is 9.64 Å². The number of hydrogen-bond acceptors (Lipinski definition) is 4. The summed E-state index contributed by atoms with van der Waals surface area (Å²) in [5.41, 5.74) is 4.83. The summed E-state index contributed by atoms with van der Waals surface area (Å²) >= 11 is 0. The summed E-state index contributed by atoms with van der Waals surface area (Å²) in [5, 5.41) is 5.23. The van der Waals surface area contributed by atoms with E-state index in [1.54, 1.807) is 6.20 Å². The van der Waals surface area contributed by atoms with Crippen LogP contribution in [-0.2, 0) is 10.2 Å². The standard InChI is InChI=1S/C24H31N3O2/c1-23(2,3)17-11-9-16(10-12-17)18-13-14-20-19(21(18)26(7)8)15-25-27(20)22(28)29-24(4,5)6/h9-15H,1-8H3. The van der Waals surface area contributed by atoms with E-state index in [1.807, 2.05) is 47.0 Å². The summed E-state index contributed by atoms with van der Waals surface area (Å²) in [6.45, 7) is 12.2. The fourth-order valence-electron chi connectivity index (χ4n) is 3.40. The predicted octanol–water partition coefficient (Wildman–Crippen LogP) is 5.85. The molecule has 29 heavy (non-hydrogen) atoms. The van der Waals surface area contributed by atoms with Crippen molar-refractivity contribution in [1.29, 1.82) is 0 Å². The molecule has 0 aliphatic carbocycles. The minimum atomic E-state index is -0.575. The molecule has 1 aromatic heterocycles. The Hall–Kier alpha value is -2.82. The second kappa shape index (κ2) is 7.21. The van der Waals surface area contributed by atoms with Gasteiger partial charge in [-0.2, -0.15) is 9.78 Å². The number of aromatic nitrogens is 2. The Labute approximate surface area is 173 Å². The molecule has 0 radical (unpaired) electrons. The molecule has 0 N–H and O–H groups in total. The van der Waals surface area contributed by atoms with Crippen LogP contribution in [-0.4, -0.2) is 35.6 Å². The topological polar surface area (TPSA) is 47.4 Å². The third-order valence-electron chi connectivity index (χ3n) is 4.80. The molecule has 154 valence electrons. The highest BCUT2D eigenvalue weighted by Crippen LogP contribution is 2.37. The van der Waals surface area contributed by atoms with Crippen molar-refractivity contribution in [2.75, 3.05) is 19.0 Å². The Balaban J connectivity index is 2.11. The Kier molecular flexibility index (Phi) is 5.20. The number of ether oxygens (including phenoxy) is 1. The highest BCUT2D eigenvalue weighted by molar-refractivity contribution is 6.02. The molecule has 5 nitrogen and oxygen atoms in total. The molecule has 0 fully saturated rings. The molecule has 0 atom stereocenters. The molecule has 0 saturated heterocycles. The second-order valence-electron chi connectivity index (χ2n) is 9.65. The molecule has 0 aliphatic rings. The molecule has 0 bridgehead atoms. The van der Waals surface area contributed by atoms with Crippen molar-refractivity contribution in [2.24, 2.45) is 0 Å². The Morgan fingerprint density at radius 2 is 1.59 bits per heavy atom. The fraction of sp³-hybridized carbons (Fsp3) is 0.417. The maximum atomic E-state index is 12.6. The average molecular weight is 394 g/mol. The first-order valence-corrected chi connectivity index (χ1v) is 9.91. The summed E-state index contributed by atoms with van der Waals surface area (Å²) in [4.78, 5) is 14.6. The zero-order valence-electron chi connectivity index (χ0n) is 18.7. The van der Waals surface area contributed by atoms with Gasteiger partial charge in [-0.3, -0.25) is 0 Å². The van der Waals surface area contributed by atoms with Crippen molar-refractivity contribution in [1.82, 2.24) is 9.78 Å². The first kappa shape index (κ1) is 20.9. The van der Waals surface area contributed by atoms with Crippen LogP contribution in [0.15, 0.2) is 42.6 Å². The Morgan fingerprint density at radius 3 is 2.10 bits per heavy atom. The van der Waals surface area contributed by atoms with E-state index in [2.05, 4.69) is 55.0 Å². The van der Waals surface area contributed by atoms with Gasteiger partial charge in [0.15, 0.2) is 0 Å².